The summed E-state index contributed by atoms with van der Waals surface area (Å²) in [7, 11) is 2.07. The first kappa shape index (κ1) is 25.9. The first-order valence-corrected chi connectivity index (χ1v) is 13.8. The number of rotatable bonds is 8. The Morgan fingerprint density at radius 2 is 1.82 bits per heavy atom. The molecule has 11 heteroatoms. The number of piperazine rings is 1. The topological polar surface area (TPSA) is 112 Å². The van der Waals surface area contributed by atoms with Gasteiger partial charge in [0.1, 0.15) is 5.52 Å². The number of anilines is 1. The number of likely N-dealkylation sites (N-methyl/N-ethyl adjacent to an activating group) is 1. The number of nitrogens with one attached hydrogen (secondary N) is 1. The lowest BCUT2D eigenvalue weighted by Gasteiger charge is -2.32. The van der Waals surface area contributed by atoms with E-state index in [-0.39, 0.29) is 11.8 Å². The molecule has 2 amide bonds. The summed E-state index contributed by atoms with van der Waals surface area (Å²) in [6.45, 7) is 5.77. The second-order valence-corrected chi connectivity index (χ2v) is 10.4. The maximum absolute atomic E-state index is 13.0. The number of imidazole rings is 1. The first-order chi connectivity index (χ1) is 19.5. The number of carbonyl (C=O) groups is 2. The minimum absolute atomic E-state index is 0.0457. The molecule has 11 nitrogen and oxygen atoms in total. The number of benzene rings is 1. The van der Waals surface area contributed by atoms with Crippen molar-refractivity contribution in [3.8, 4) is 11.4 Å². The van der Waals surface area contributed by atoms with Crippen LogP contribution in [0.1, 0.15) is 28.8 Å². The molecule has 40 heavy (non-hydrogen) atoms. The Kier molecular flexibility index (Phi) is 7.37. The van der Waals surface area contributed by atoms with Crippen molar-refractivity contribution < 1.29 is 9.59 Å². The number of likely N-dealkylation sites (tertiary alicyclic amines) is 1. The highest BCUT2D eigenvalue weighted by Crippen LogP contribution is 2.25. The van der Waals surface area contributed by atoms with Gasteiger partial charge in [-0.15, -0.1) is 0 Å². The molecule has 2 aliphatic rings. The lowest BCUT2D eigenvalue weighted by molar-refractivity contribution is -0.127. The van der Waals surface area contributed by atoms with E-state index in [1.807, 2.05) is 57.0 Å². The highest BCUT2D eigenvalue weighted by Gasteiger charge is 2.22. The van der Waals surface area contributed by atoms with Crippen LogP contribution in [0.4, 0.5) is 5.82 Å². The molecule has 2 fully saturated rings. The molecule has 1 aromatic carbocycles. The van der Waals surface area contributed by atoms with Crippen LogP contribution in [-0.2, 0) is 17.9 Å². The SMILES string of the molecule is CN1CCN(C(=O)c2ccc(-c3nc(NCc4cccnc4)c4ncn(CCN5CCCC5=O)c4n3)cc2)CC1. The van der Waals surface area contributed by atoms with Gasteiger partial charge in [-0.05, 0) is 37.2 Å². The number of aromatic nitrogens is 5. The van der Waals surface area contributed by atoms with Crippen LogP contribution in [0.15, 0.2) is 55.1 Å². The average molecular weight is 540 g/mol. The highest BCUT2D eigenvalue weighted by atomic mass is 16.2. The van der Waals surface area contributed by atoms with Crippen molar-refractivity contribution in [2.75, 3.05) is 51.6 Å². The minimum atomic E-state index is 0.0457. The molecule has 2 aliphatic heterocycles. The van der Waals surface area contributed by atoms with E-state index in [1.165, 1.54) is 0 Å². The molecule has 0 radical (unpaired) electrons. The zero-order valence-electron chi connectivity index (χ0n) is 22.7. The number of hydrogen-bond donors (Lipinski definition) is 1. The molecule has 2 saturated heterocycles. The van der Waals surface area contributed by atoms with Crippen LogP contribution in [0.25, 0.3) is 22.6 Å². The van der Waals surface area contributed by atoms with Gasteiger partial charge in [-0.25, -0.2) is 15.0 Å². The van der Waals surface area contributed by atoms with Crippen LogP contribution in [-0.4, -0.2) is 97.3 Å². The van der Waals surface area contributed by atoms with Crippen molar-refractivity contribution in [1.29, 1.82) is 0 Å². The Balaban J connectivity index is 1.28. The van der Waals surface area contributed by atoms with Gasteiger partial charge in [-0.3, -0.25) is 14.6 Å². The van der Waals surface area contributed by atoms with Crippen molar-refractivity contribution in [2.45, 2.75) is 25.9 Å². The fraction of sp³-hybridized carbons (Fsp3) is 0.379. The summed E-state index contributed by atoms with van der Waals surface area (Å²) in [4.78, 5) is 49.8. The Morgan fingerprint density at radius 1 is 1.00 bits per heavy atom. The van der Waals surface area contributed by atoms with E-state index in [9.17, 15) is 9.59 Å². The van der Waals surface area contributed by atoms with E-state index < -0.39 is 0 Å². The van der Waals surface area contributed by atoms with Crippen molar-refractivity contribution in [2.24, 2.45) is 0 Å². The van der Waals surface area contributed by atoms with Crippen LogP contribution in [0, 0.1) is 0 Å². The highest BCUT2D eigenvalue weighted by molar-refractivity contribution is 5.95. The van der Waals surface area contributed by atoms with E-state index in [0.717, 1.165) is 50.3 Å². The van der Waals surface area contributed by atoms with Gasteiger partial charge >= 0.3 is 0 Å². The third-order valence-electron chi connectivity index (χ3n) is 7.61. The zero-order valence-corrected chi connectivity index (χ0v) is 22.7. The molecule has 0 atom stereocenters. The summed E-state index contributed by atoms with van der Waals surface area (Å²) in [5, 5.41) is 3.41. The van der Waals surface area contributed by atoms with Gasteiger partial charge in [-0.2, -0.15) is 0 Å². The van der Waals surface area contributed by atoms with E-state index in [4.69, 9.17) is 9.97 Å². The largest absolute Gasteiger partial charge is 0.364 e. The fourth-order valence-corrected chi connectivity index (χ4v) is 5.17. The second kappa shape index (κ2) is 11.4. The van der Waals surface area contributed by atoms with Crippen LogP contribution in [0.3, 0.4) is 0 Å². The molecule has 6 rings (SSSR count). The zero-order chi connectivity index (χ0) is 27.5. The van der Waals surface area contributed by atoms with Crippen molar-refractivity contribution in [3.63, 3.8) is 0 Å². The van der Waals surface area contributed by atoms with Gasteiger partial charge in [-0.1, -0.05) is 18.2 Å². The predicted molar refractivity (Wildman–Crippen MR) is 152 cm³/mol. The number of hydrogen-bond acceptors (Lipinski definition) is 8. The minimum Gasteiger partial charge on any atom is -0.364 e. The van der Waals surface area contributed by atoms with Gasteiger partial charge < -0.3 is 24.6 Å². The first-order valence-electron chi connectivity index (χ1n) is 13.8. The van der Waals surface area contributed by atoms with E-state index in [0.29, 0.717) is 54.4 Å². The van der Waals surface area contributed by atoms with Crippen LogP contribution >= 0.6 is 0 Å². The van der Waals surface area contributed by atoms with Gasteiger partial charge in [0.05, 0.1) is 6.33 Å². The number of pyridine rings is 1. The maximum Gasteiger partial charge on any atom is 0.253 e. The standard InChI is InChI=1S/C29H33N9O2/c1-35-12-14-37(15-13-35)29(40)23-8-6-22(7-9-23)26-33-27(31-19-21-4-2-10-30-18-21)25-28(34-26)38(20-32-25)17-16-36-11-3-5-24(36)39/h2,4,6-10,18,20H,3,5,11-17,19H2,1H3,(H,31,33,34). The van der Waals surface area contributed by atoms with Crippen LogP contribution < -0.4 is 5.32 Å². The Bertz CT molecular complexity index is 1500. The number of nitrogens with zero attached hydrogens (tertiary/aromatic N) is 8. The fourth-order valence-electron chi connectivity index (χ4n) is 5.17. The van der Waals surface area contributed by atoms with E-state index in [1.54, 1.807) is 12.5 Å². The number of carbonyl (C=O) groups excluding carboxylic acids is 2. The monoisotopic (exact) mass is 539 g/mol. The lowest BCUT2D eigenvalue weighted by atomic mass is 10.1. The molecule has 0 bridgehead atoms. The molecule has 0 unspecified atom stereocenters. The predicted octanol–water partition coefficient (Wildman–Crippen LogP) is 2.51. The molecule has 3 aromatic heterocycles. The van der Waals surface area contributed by atoms with Crippen molar-refractivity contribution >= 4 is 28.8 Å². The summed E-state index contributed by atoms with van der Waals surface area (Å²) in [6.07, 6.45) is 6.85. The molecule has 0 aliphatic carbocycles. The van der Waals surface area contributed by atoms with E-state index in [2.05, 4.69) is 27.2 Å². The summed E-state index contributed by atoms with van der Waals surface area (Å²) in [5.74, 6) is 1.41. The molecule has 206 valence electrons. The number of amides is 2. The Labute approximate surface area is 232 Å². The van der Waals surface area contributed by atoms with Crippen LogP contribution in [0.5, 0.6) is 0 Å². The van der Waals surface area contributed by atoms with Crippen molar-refractivity contribution in [3.05, 3.63) is 66.2 Å². The Morgan fingerprint density at radius 3 is 2.55 bits per heavy atom. The smallest absolute Gasteiger partial charge is 0.253 e. The second-order valence-electron chi connectivity index (χ2n) is 10.4. The molecule has 4 aromatic rings. The average Bonchev–Trinajstić information content (AvgIpc) is 3.60. The third kappa shape index (κ3) is 5.50. The van der Waals surface area contributed by atoms with Gasteiger partial charge in [0, 0.05) is 82.3 Å². The third-order valence-corrected chi connectivity index (χ3v) is 7.61. The molecule has 1 N–H and O–H groups in total. The summed E-state index contributed by atoms with van der Waals surface area (Å²) >= 11 is 0. The quantitative estimate of drug-likeness (QED) is 0.364. The van der Waals surface area contributed by atoms with E-state index >= 15 is 0 Å². The Hall–Kier alpha value is -4.38. The van der Waals surface area contributed by atoms with Gasteiger partial charge in [0.25, 0.3) is 5.91 Å². The summed E-state index contributed by atoms with van der Waals surface area (Å²) < 4.78 is 1.98. The van der Waals surface area contributed by atoms with Crippen LogP contribution in [0.2, 0.25) is 0 Å². The summed E-state index contributed by atoms with van der Waals surface area (Å²) in [5.41, 5.74) is 3.85. The normalized spacial score (nSPS) is 16.2. The summed E-state index contributed by atoms with van der Waals surface area (Å²) in [6, 6.07) is 11.4. The van der Waals surface area contributed by atoms with Crippen molar-refractivity contribution in [1.82, 2.24) is 39.2 Å². The molecular formula is C29H33N9O2. The molecule has 5 heterocycles. The van der Waals surface area contributed by atoms with Gasteiger partial charge in [0.15, 0.2) is 17.3 Å². The lowest BCUT2D eigenvalue weighted by Crippen LogP contribution is -2.47. The maximum atomic E-state index is 13.0. The molecule has 0 saturated carbocycles. The van der Waals surface area contributed by atoms with Gasteiger partial charge in [0.2, 0.25) is 5.91 Å². The molecule has 0 spiro atoms. The molecular weight excluding hydrogens is 506 g/mol. The number of fused-ring (bicyclic) bond motifs is 1.